The zero-order valence-electron chi connectivity index (χ0n) is 16.6. The van der Waals surface area contributed by atoms with E-state index in [0.717, 1.165) is 4.57 Å². The summed E-state index contributed by atoms with van der Waals surface area (Å²) in [6, 6.07) is 14.3. The highest BCUT2D eigenvalue weighted by atomic mass is 35.5. The smallest absolute Gasteiger partial charge is 0.332 e. The highest BCUT2D eigenvalue weighted by molar-refractivity contribution is 6.31. The molecule has 0 amide bonds. The van der Waals surface area contributed by atoms with Crippen molar-refractivity contribution in [1.29, 1.82) is 0 Å². The van der Waals surface area contributed by atoms with Crippen LogP contribution in [0.2, 0.25) is 5.02 Å². The van der Waals surface area contributed by atoms with Gasteiger partial charge in [0, 0.05) is 25.2 Å². The zero-order chi connectivity index (χ0) is 21.4. The lowest BCUT2D eigenvalue weighted by atomic mass is 10.2. The minimum atomic E-state index is -0.488. The van der Waals surface area contributed by atoms with Crippen LogP contribution in [0.25, 0.3) is 11.2 Å². The van der Waals surface area contributed by atoms with Crippen LogP contribution >= 0.6 is 11.6 Å². The average Bonchev–Trinajstić information content (AvgIpc) is 3.07. The standard InChI is InChI=1S/C21H19ClN4O4/c1-24-17-18(23-20(24)30-15-9-6-8-14(11-15)29-3)25(2)21(28)26(19(17)27)12-13-7-4-5-10-16(13)22/h4-11H,12H2,1-3H3. The maximum Gasteiger partial charge on any atom is 0.332 e. The summed E-state index contributed by atoms with van der Waals surface area (Å²) in [5.41, 5.74) is 0.206. The third kappa shape index (κ3) is 3.35. The average molecular weight is 427 g/mol. The van der Waals surface area contributed by atoms with E-state index in [1.54, 1.807) is 69.7 Å². The number of fused-ring (bicyclic) bond motifs is 1. The summed E-state index contributed by atoms with van der Waals surface area (Å²) < 4.78 is 15.0. The number of nitrogens with zero attached hydrogens (tertiary/aromatic N) is 4. The molecule has 0 bridgehead atoms. The summed E-state index contributed by atoms with van der Waals surface area (Å²) in [7, 11) is 4.79. The number of ether oxygens (including phenoxy) is 2. The van der Waals surface area contributed by atoms with Crippen LogP contribution in [0.15, 0.2) is 58.1 Å². The molecular formula is C21H19ClN4O4. The Bertz CT molecular complexity index is 1370. The van der Waals surface area contributed by atoms with Crippen LogP contribution in [-0.4, -0.2) is 25.8 Å². The summed E-state index contributed by atoms with van der Waals surface area (Å²) in [5, 5.41) is 0.485. The number of rotatable bonds is 5. The molecule has 0 radical (unpaired) electrons. The lowest BCUT2D eigenvalue weighted by Crippen LogP contribution is -2.39. The van der Waals surface area contributed by atoms with Crippen molar-refractivity contribution in [1.82, 2.24) is 18.7 Å². The summed E-state index contributed by atoms with van der Waals surface area (Å²) in [5.74, 6) is 1.12. The summed E-state index contributed by atoms with van der Waals surface area (Å²) in [4.78, 5) is 30.4. The number of aryl methyl sites for hydroxylation is 2. The Morgan fingerprint density at radius 1 is 1.00 bits per heavy atom. The van der Waals surface area contributed by atoms with Crippen molar-refractivity contribution in [2.45, 2.75) is 6.54 Å². The SMILES string of the molecule is COc1cccc(Oc2nc3c(c(=O)n(Cc4ccccc4Cl)c(=O)n3C)n2C)c1. The molecule has 0 N–H and O–H groups in total. The third-order valence-corrected chi connectivity index (χ3v) is 5.22. The predicted molar refractivity (Wildman–Crippen MR) is 114 cm³/mol. The first kappa shape index (κ1) is 19.8. The van der Waals surface area contributed by atoms with E-state index >= 15 is 0 Å². The van der Waals surface area contributed by atoms with E-state index in [2.05, 4.69) is 4.98 Å². The van der Waals surface area contributed by atoms with Crippen LogP contribution in [0.5, 0.6) is 17.5 Å². The number of hydrogen-bond acceptors (Lipinski definition) is 5. The number of imidazole rings is 1. The summed E-state index contributed by atoms with van der Waals surface area (Å²) >= 11 is 6.22. The number of benzene rings is 2. The molecule has 2 aromatic heterocycles. The van der Waals surface area contributed by atoms with Gasteiger partial charge in [-0.05, 0) is 23.8 Å². The highest BCUT2D eigenvalue weighted by Crippen LogP contribution is 2.26. The van der Waals surface area contributed by atoms with E-state index in [9.17, 15) is 9.59 Å². The van der Waals surface area contributed by atoms with Crippen molar-refractivity contribution in [3.05, 3.63) is 80.0 Å². The van der Waals surface area contributed by atoms with Gasteiger partial charge in [-0.15, -0.1) is 0 Å². The number of aromatic nitrogens is 4. The fourth-order valence-electron chi connectivity index (χ4n) is 3.22. The molecule has 4 aromatic rings. The first-order valence-corrected chi connectivity index (χ1v) is 9.50. The normalized spacial score (nSPS) is 11.1. The third-order valence-electron chi connectivity index (χ3n) is 4.86. The molecule has 9 heteroatoms. The van der Waals surface area contributed by atoms with Crippen molar-refractivity contribution < 1.29 is 9.47 Å². The Kier molecular flexibility index (Phi) is 5.09. The molecule has 30 heavy (non-hydrogen) atoms. The molecule has 0 aliphatic carbocycles. The molecular weight excluding hydrogens is 408 g/mol. The topological polar surface area (TPSA) is 80.3 Å². The molecule has 4 rings (SSSR count). The van der Waals surface area contributed by atoms with Gasteiger partial charge in [0.2, 0.25) is 0 Å². The van der Waals surface area contributed by atoms with Gasteiger partial charge in [-0.2, -0.15) is 4.98 Å². The molecule has 0 spiro atoms. The Labute approximate surface area is 176 Å². The second-order valence-corrected chi connectivity index (χ2v) is 7.14. The van der Waals surface area contributed by atoms with E-state index in [1.807, 2.05) is 0 Å². The van der Waals surface area contributed by atoms with Gasteiger partial charge in [-0.3, -0.25) is 18.5 Å². The number of methoxy groups -OCH3 is 1. The van der Waals surface area contributed by atoms with E-state index in [1.165, 1.54) is 9.13 Å². The van der Waals surface area contributed by atoms with Crippen LogP contribution in [0.4, 0.5) is 0 Å². The molecule has 0 saturated heterocycles. The first-order valence-electron chi connectivity index (χ1n) is 9.12. The minimum Gasteiger partial charge on any atom is -0.497 e. The molecule has 0 fully saturated rings. The lowest BCUT2D eigenvalue weighted by Gasteiger charge is -2.09. The molecule has 0 atom stereocenters. The van der Waals surface area contributed by atoms with Gasteiger partial charge in [-0.1, -0.05) is 35.9 Å². The van der Waals surface area contributed by atoms with E-state index in [-0.39, 0.29) is 23.7 Å². The second-order valence-electron chi connectivity index (χ2n) is 6.73. The largest absolute Gasteiger partial charge is 0.497 e. The highest BCUT2D eigenvalue weighted by Gasteiger charge is 2.20. The molecule has 0 aliphatic rings. The molecule has 8 nitrogen and oxygen atoms in total. The molecule has 0 aliphatic heterocycles. The number of halogens is 1. The van der Waals surface area contributed by atoms with Gasteiger partial charge >= 0.3 is 11.7 Å². The van der Waals surface area contributed by atoms with Crippen molar-refractivity contribution >= 4 is 22.8 Å². The molecule has 2 heterocycles. The number of hydrogen-bond donors (Lipinski definition) is 0. The minimum absolute atomic E-state index is 0.0539. The Balaban J connectivity index is 1.84. The van der Waals surface area contributed by atoms with Gasteiger partial charge in [0.05, 0.1) is 13.7 Å². The van der Waals surface area contributed by atoms with Crippen LogP contribution in [0, 0.1) is 0 Å². The van der Waals surface area contributed by atoms with Gasteiger partial charge < -0.3 is 9.47 Å². The first-order chi connectivity index (χ1) is 14.4. The van der Waals surface area contributed by atoms with Crippen LogP contribution in [0.1, 0.15) is 5.56 Å². The fourth-order valence-corrected chi connectivity index (χ4v) is 3.42. The zero-order valence-corrected chi connectivity index (χ0v) is 17.4. The van der Waals surface area contributed by atoms with E-state index in [4.69, 9.17) is 21.1 Å². The van der Waals surface area contributed by atoms with Crippen molar-refractivity contribution in [2.24, 2.45) is 14.1 Å². The molecule has 2 aromatic carbocycles. The van der Waals surface area contributed by atoms with Gasteiger partial charge in [-0.25, -0.2) is 4.79 Å². The van der Waals surface area contributed by atoms with Gasteiger partial charge in [0.1, 0.15) is 11.5 Å². The molecule has 0 unspecified atom stereocenters. The van der Waals surface area contributed by atoms with Crippen LogP contribution in [-0.2, 0) is 20.6 Å². The Morgan fingerprint density at radius 2 is 1.73 bits per heavy atom. The fraction of sp³-hybridized carbons (Fsp3) is 0.190. The lowest BCUT2D eigenvalue weighted by molar-refractivity contribution is 0.400. The van der Waals surface area contributed by atoms with Crippen molar-refractivity contribution in [3.8, 4) is 17.5 Å². The Hall–Kier alpha value is -3.52. The van der Waals surface area contributed by atoms with Gasteiger partial charge in [0.15, 0.2) is 11.2 Å². The summed E-state index contributed by atoms with van der Waals surface area (Å²) in [6.07, 6.45) is 0. The van der Waals surface area contributed by atoms with Crippen LogP contribution in [0.3, 0.4) is 0 Å². The van der Waals surface area contributed by atoms with E-state index in [0.29, 0.717) is 22.1 Å². The van der Waals surface area contributed by atoms with Crippen LogP contribution < -0.4 is 20.7 Å². The molecule has 0 saturated carbocycles. The monoisotopic (exact) mass is 426 g/mol. The maximum absolute atomic E-state index is 13.2. The predicted octanol–water partition coefficient (Wildman–Crippen LogP) is 2.94. The van der Waals surface area contributed by atoms with E-state index < -0.39 is 11.2 Å². The maximum atomic E-state index is 13.2. The Morgan fingerprint density at radius 3 is 2.47 bits per heavy atom. The van der Waals surface area contributed by atoms with Gasteiger partial charge in [0.25, 0.3) is 5.56 Å². The molecule has 154 valence electrons. The summed E-state index contributed by atoms with van der Waals surface area (Å²) in [6.45, 7) is 0.0539. The quantitative estimate of drug-likeness (QED) is 0.490. The van der Waals surface area contributed by atoms with Crippen molar-refractivity contribution in [3.63, 3.8) is 0 Å². The second kappa shape index (κ2) is 7.72. The van der Waals surface area contributed by atoms with Crippen molar-refractivity contribution in [2.75, 3.05) is 7.11 Å².